The van der Waals surface area contributed by atoms with E-state index in [1.165, 1.54) is 23.5 Å². The van der Waals surface area contributed by atoms with Crippen LogP contribution in [0.4, 0.5) is 18.9 Å². The van der Waals surface area contributed by atoms with Crippen LogP contribution >= 0.6 is 39.0 Å². The Labute approximate surface area is 238 Å². The summed E-state index contributed by atoms with van der Waals surface area (Å²) < 4.78 is 40.1. The lowest BCUT2D eigenvalue weighted by Gasteiger charge is -2.14. The summed E-state index contributed by atoms with van der Waals surface area (Å²) >= 11 is 4.57. The molecule has 3 aromatic carbocycles. The number of carboxylic acid groups (broad SMARTS) is 1. The van der Waals surface area contributed by atoms with Gasteiger partial charge in [-0.2, -0.15) is 13.2 Å². The molecule has 0 unspecified atom stereocenters. The molecule has 0 saturated heterocycles. The maximum atomic E-state index is 13.1. The van der Waals surface area contributed by atoms with Crippen LogP contribution < -0.4 is 10.6 Å². The van der Waals surface area contributed by atoms with Crippen molar-refractivity contribution in [1.29, 1.82) is 0 Å². The summed E-state index contributed by atoms with van der Waals surface area (Å²) in [5.41, 5.74) is -0.407. The number of nitrogens with zero attached hydrogens (tertiary/aromatic N) is 1. The van der Waals surface area contributed by atoms with Gasteiger partial charge in [0.2, 0.25) is 0 Å². The molecule has 0 spiro atoms. The highest BCUT2D eigenvalue weighted by atomic mass is 79.9. The Kier molecular flexibility index (Phi) is 9.31. The fourth-order valence-corrected chi connectivity index (χ4v) is 5.26. The number of carboxylic acids is 1. The molecular weight excluding hydrogens is 615 g/mol. The van der Waals surface area contributed by atoms with Gasteiger partial charge in [0.1, 0.15) is 5.01 Å². The molecule has 0 radical (unpaired) electrons. The average Bonchev–Trinajstić information content (AvgIpc) is 3.37. The lowest BCUT2D eigenvalue weighted by molar-refractivity contribution is -0.136. The van der Waals surface area contributed by atoms with Crippen molar-refractivity contribution in [2.24, 2.45) is 0 Å². The van der Waals surface area contributed by atoms with Crippen molar-refractivity contribution in [2.45, 2.75) is 23.4 Å². The van der Waals surface area contributed by atoms with Crippen LogP contribution in [0.25, 0.3) is 21.8 Å². The second kappa shape index (κ2) is 12.7. The zero-order valence-electron chi connectivity index (χ0n) is 20.1. The highest BCUT2D eigenvalue weighted by Crippen LogP contribution is 2.41. The van der Waals surface area contributed by atoms with Gasteiger partial charge in [-0.15, -0.1) is 11.3 Å². The number of nitrogens with one attached hydrogen (secondary N) is 2. The van der Waals surface area contributed by atoms with Crippen LogP contribution in [0.15, 0.2) is 81.5 Å². The zero-order valence-corrected chi connectivity index (χ0v) is 23.3. The number of aliphatic carboxylic acids is 1. The van der Waals surface area contributed by atoms with E-state index in [-0.39, 0.29) is 35.5 Å². The molecule has 0 saturated carbocycles. The molecule has 6 nitrogen and oxygen atoms in total. The Morgan fingerprint density at radius 2 is 1.74 bits per heavy atom. The molecule has 39 heavy (non-hydrogen) atoms. The van der Waals surface area contributed by atoms with E-state index in [1.54, 1.807) is 30.3 Å². The van der Waals surface area contributed by atoms with E-state index in [9.17, 15) is 22.8 Å². The number of thioether (sulfide) groups is 1. The maximum absolute atomic E-state index is 13.1. The summed E-state index contributed by atoms with van der Waals surface area (Å²) in [5, 5.41) is 17.0. The van der Waals surface area contributed by atoms with Gasteiger partial charge < -0.3 is 15.7 Å². The van der Waals surface area contributed by atoms with Crippen LogP contribution in [0.2, 0.25) is 0 Å². The van der Waals surface area contributed by atoms with Gasteiger partial charge >= 0.3 is 11.5 Å². The Morgan fingerprint density at radius 3 is 2.41 bits per heavy atom. The lowest BCUT2D eigenvalue weighted by Crippen LogP contribution is -2.25. The van der Waals surface area contributed by atoms with Gasteiger partial charge in [-0.25, -0.2) is 4.98 Å². The quantitative estimate of drug-likeness (QED) is 0.155. The van der Waals surface area contributed by atoms with Crippen molar-refractivity contribution < 1.29 is 27.9 Å². The molecule has 0 bridgehead atoms. The summed E-state index contributed by atoms with van der Waals surface area (Å²) in [5.74, 6) is -1.37. The van der Waals surface area contributed by atoms with Gasteiger partial charge in [0.15, 0.2) is 0 Å². The predicted molar refractivity (Wildman–Crippen MR) is 151 cm³/mol. The summed E-state index contributed by atoms with van der Waals surface area (Å²) in [7, 11) is 0. The number of alkyl halides is 3. The van der Waals surface area contributed by atoms with E-state index in [1.807, 2.05) is 29.6 Å². The third kappa shape index (κ3) is 8.32. The summed E-state index contributed by atoms with van der Waals surface area (Å²) in [6.45, 7) is 0.383. The van der Waals surface area contributed by atoms with Crippen LogP contribution in [0, 0.1) is 0 Å². The van der Waals surface area contributed by atoms with Crippen molar-refractivity contribution in [1.82, 2.24) is 10.3 Å². The van der Waals surface area contributed by atoms with Gasteiger partial charge in [-0.3, -0.25) is 9.59 Å². The van der Waals surface area contributed by atoms with Gasteiger partial charge in [0.05, 0.1) is 12.1 Å². The van der Waals surface area contributed by atoms with E-state index >= 15 is 0 Å². The van der Waals surface area contributed by atoms with Crippen molar-refractivity contribution in [3.8, 4) is 21.8 Å². The minimum atomic E-state index is -4.42. The molecule has 0 aliphatic carbocycles. The number of aromatic nitrogens is 1. The van der Waals surface area contributed by atoms with Crippen molar-refractivity contribution in [3.63, 3.8) is 0 Å². The molecule has 0 aliphatic rings. The molecule has 0 atom stereocenters. The molecule has 4 rings (SSSR count). The molecular formula is C27H21BrF3N3O3S2. The van der Waals surface area contributed by atoms with Crippen molar-refractivity contribution in [2.75, 3.05) is 11.9 Å². The minimum absolute atomic E-state index is 0.0309. The Hall–Kier alpha value is -3.35. The topological polar surface area (TPSA) is 91.3 Å². The first kappa shape index (κ1) is 28.7. The maximum Gasteiger partial charge on any atom is 0.446 e. The monoisotopic (exact) mass is 635 g/mol. The number of hydrogen-bond acceptors (Lipinski definition) is 6. The summed E-state index contributed by atoms with van der Waals surface area (Å²) in [6.07, 6.45) is -0.167. The van der Waals surface area contributed by atoms with Crippen LogP contribution in [0.1, 0.15) is 22.3 Å². The van der Waals surface area contributed by atoms with E-state index in [4.69, 9.17) is 10.1 Å². The summed E-state index contributed by atoms with van der Waals surface area (Å²) in [6, 6.07) is 18.9. The Morgan fingerprint density at radius 1 is 1.03 bits per heavy atom. The minimum Gasteiger partial charge on any atom is -0.481 e. The first-order valence-corrected chi connectivity index (χ1v) is 14.0. The lowest BCUT2D eigenvalue weighted by atomic mass is 10.1. The van der Waals surface area contributed by atoms with E-state index in [2.05, 4.69) is 26.6 Å². The van der Waals surface area contributed by atoms with E-state index in [0.29, 0.717) is 28.4 Å². The van der Waals surface area contributed by atoms with Crippen LogP contribution in [0.5, 0.6) is 0 Å². The van der Waals surface area contributed by atoms with E-state index < -0.39 is 11.5 Å². The average molecular weight is 637 g/mol. The molecule has 0 fully saturated rings. The van der Waals surface area contributed by atoms with Gasteiger partial charge in [0, 0.05) is 50.2 Å². The zero-order chi connectivity index (χ0) is 28.0. The number of rotatable bonds is 10. The Bertz CT molecular complexity index is 1460. The fraction of sp³-hybridized carbons (Fsp3) is 0.148. The molecule has 1 heterocycles. The largest absolute Gasteiger partial charge is 0.481 e. The van der Waals surface area contributed by atoms with Crippen molar-refractivity contribution in [3.05, 3.63) is 87.7 Å². The summed E-state index contributed by atoms with van der Waals surface area (Å²) in [4.78, 5) is 27.5. The third-order valence-corrected chi connectivity index (χ3v) is 7.55. The number of benzene rings is 3. The molecule has 1 amide bonds. The fourth-order valence-electron chi connectivity index (χ4n) is 3.56. The molecule has 202 valence electrons. The number of hydrogen-bond donors (Lipinski definition) is 3. The van der Waals surface area contributed by atoms with E-state index in [0.717, 1.165) is 21.3 Å². The van der Waals surface area contributed by atoms with Crippen LogP contribution in [-0.4, -0.2) is 34.0 Å². The van der Waals surface area contributed by atoms with Gasteiger partial charge in [-0.1, -0.05) is 40.2 Å². The number of halogens is 4. The Balaban J connectivity index is 1.53. The van der Waals surface area contributed by atoms with Crippen LogP contribution in [-0.2, 0) is 11.3 Å². The van der Waals surface area contributed by atoms with Gasteiger partial charge in [0.25, 0.3) is 5.91 Å². The number of carbonyl (C=O) groups excluding carboxylic acids is 1. The first-order valence-electron chi connectivity index (χ1n) is 11.5. The second-order valence-electron chi connectivity index (χ2n) is 8.25. The highest BCUT2D eigenvalue weighted by Gasteiger charge is 2.29. The smallest absolute Gasteiger partial charge is 0.446 e. The predicted octanol–water partition coefficient (Wildman–Crippen LogP) is 7.67. The number of anilines is 1. The molecule has 3 N–H and O–H groups in total. The first-order chi connectivity index (χ1) is 18.6. The molecule has 4 aromatic rings. The number of thiazole rings is 1. The molecule has 1 aromatic heterocycles. The highest BCUT2D eigenvalue weighted by molar-refractivity contribution is 9.10. The normalized spacial score (nSPS) is 11.3. The SMILES string of the molecule is O=C(O)CCNC(=O)c1ccc(CNc2ccc(SC(F)(F)F)cc2-c2nc(-c3ccc(Br)cc3)cs2)cc1. The van der Waals surface area contributed by atoms with Crippen molar-refractivity contribution >= 4 is 56.6 Å². The molecule has 0 aliphatic heterocycles. The number of carbonyl (C=O) groups is 2. The second-order valence-corrected chi connectivity index (χ2v) is 11.2. The van der Waals surface area contributed by atoms with Crippen LogP contribution in [0.3, 0.4) is 0 Å². The molecule has 12 heteroatoms. The standard InChI is InChI=1S/C27H21BrF3N3O3S2/c28-19-7-5-17(6-8-19)23-15-38-26(34-23)21-13-20(39-27(29,30)31)9-10-22(21)33-14-16-1-3-18(4-2-16)25(37)32-12-11-24(35)36/h1-10,13,15,33H,11-12,14H2,(H,32,37)(H,35,36). The van der Waals surface area contributed by atoms with Gasteiger partial charge in [-0.05, 0) is 59.8 Å². The third-order valence-electron chi connectivity index (χ3n) is 5.42. The number of amides is 1.